The Kier molecular flexibility index (Phi) is 5.15. The van der Waals surface area contributed by atoms with Gasteiger partial charge in [-0.1, -0.05) is 13.0 Å². The van der Waals surface area contributed by atoms with E-state index in [0.29, 0.717) is 6.42 Å². The molecule has 4 nitrogen and oxygen atoms in total. The van der Waals surface area contributed by atoms with Gasteiger partial charge in [0.25, 0.3) is 0 Å². The van der Waals surface area contributed by atoms with Crippen molar-refractivity contribution in [1.82, 2.24) is 0 Å². The summed E-state index contributed by atoms with van der Waals surface area (Å²) in [5.74, 6) is -0.149. The van der Waals surface area contributed by atoms with Gasteiger partial charge < -0.3 is 14.2 Å². The lowest BCUT2D eigenvalue weighted by Crippen LogP contribution is -2.34. The molecular weight excluding hydrogens is 220 g/mol. The number of carbonyl (C=O) groups excluding carboxylic acids is 1. The van der Waals surface area contributed by atoms with E-state index in [1.54, 1.807) is 13.2 Å². The molecule has 0 aliphatic carbocycles. The van der Waals surface area contributed by atoms with Crippen LogP contribution in [0.4, 0.5) is 0 Å². The van der Waals surface area contributed by atoms with Gasteiger partial charge in [-0.15, -0.1) is 6.58 Å². The summed E-state index contributed by atoms with van der Waals surface area (Å²) in [6.07, 6.45) is 2.07. The number of hydrogen-bond donors (Lipinski definition) is 0. The van der Waals surface area contributed by atoms with Crippen molar-refractivity contribution < 1.29 is 19.0 Å². The lowest BCUT2D eigenvalue weighted by molar-refractivity contribution is -0.150. The average Bonchev–Trinajstić information content (AvgIpc) is 2.57. The van der Waals surface area contributed by atoms with Crippen LogP contribution in [0.3, 0.4) is 0 Å². The Morgan fingerprint density at radius 3 is 2.71 bits per heavy atom. The molecule has 1 heterocycles. The largest absolute Gasteiger partial charge is 0.459 e. The van der Waals surface area contributed by atoms with Crippen molar-refractivity contribution >= 4 is 5.97 Å². The fraction of sp³-hybridized carbons (Fsp3) is 0.769. The molecule has 5 unspecified atom stereocenters. The highest BCUT2D eigenvalue weighted by molar-refractivity contribution is 5.66. The number of esters is 1. The Morgan fingerprint density at radius 2 is 2.24 bits per heavy atom. The SMILES string of the molecule is C=CCC1OC(C(C)OC)C(C)C1OC(C)=O. The molecule has 0 spiro atoms. The molecule has 0 N–H and O–H groups in total. The van der Waals surface area contributed by atoms with Crippen LogP contribution in [0.25, 0.3) is 0 Å². The zero-order valence-corrected chi connectivity index (χ0v) is 11.0. The molecule has 0 aromatic heterocycles. The summed E-state index contributed by atoms with van der Waals surface area (Å²) >= 11 is 0. The average molecular weight is 242 g/mol. The van der Waals surface area contributed by atoms with Crippen LogP contribution in [-0.2, 0) is 19.0 Å². The molecule has 1 aliphatic heterocycles. The monoisotopic (exact) mass is 242 g/mol. The van der Waals surface area contributed by atoms with Gasteiger partial charge in [0.1, 0.15) is 6.10 Å². The first-order valence-electron chi connectivity index (χ1n) is 5.97. The Labute approximate surface area is 103 Å². The van der Waals surface area contributed by atoms with Crippen molar-refractivity contribution in [2.45, 2.75) is 51.6 Å². The summed E-state index contributed by atoms with van der Waals surface area (Å²) in [7, 11) is 1.66. The van der Waals surface area contributed by atoms with Crippen LogP contribution >= 0.6 is 0 Å². The number of ether oxygens (including phenoxy) is 3. The number of hydrogen-bond acceptors (Lipinski definition) is 4. The van der Waals surface area contributed by atoms with E-state index in [1.807, 2.05) is 13.8 Å². The fourth-order valence-corrected chi connectivity index (χ4v) is 2.33. The minimum absolute atomic E-state index is 0.0159. The molecule has 0 saturated carbocycles. The molecule has 5 atom stereocenters. The maximum Gasteiger partial charge on any atom is 0.303 e. The van der Waals surface area contributed by atoms with E-state index in [9.17, 15) is 4.79 Å². The predicted molar refractivity (Wildman–Crippen MR) is 64.7 cm³/mol. The molecular formula is C13H22O4. The van der Waals surface area contributed by atoms with Crippen molar-refractivity contribution in [2.75, 3.05) is 7.11 Å². The van der Waals surface area contributed by atoms with Crippen molar-refractivity contribution in [2.24, 2.45) is 5.92 Å². The highest BCUT2D eigenvalue weighted by atomic mass is 16.6. The third-order valence-corrected chi connectivity index (χ3v) is 3.27. The van der Waals surface area contributed by atoms with Crippen LogP contribution in [-0.4, -0.2) is 37.5 Å². The summed E-state index contributed by atoms with van der Waals surface area (Å²) < 4.78 is 16.5. The molecule has 1 aliphatic rings. The number of rotatable bonds is 5. The molecule has 1 rings (SSSR count). The van der Waals surface area contributed by atoms with E-state index in [2.05, 4.69) is 6.58 Å². The molecule has 0 amide bonds. The maximum atomic E-state index is 11.1. The summed E-state index contributed by atoms with van der Waals surface area (Å²) in [4.78, 5) is 11.1. The van der Waals surface area contributed by atoms with Crippen LogP contribution in [0.15, 0.2) is 12.7 Å². The first kappa shape index (κ1) is 14.2. The molecule has 4 heteroatoms. The second-order valence-corrected chi connectivity index (χ2v) is 4.54. The lowest BCUT2D eigenvalue weighted by atomic mass is 9.94. The van der Waals surface area contributed by atoms with Gasteiger partial charge in [0.15, 0.2) is 0 Å². The Hall–Kier alpha value is -0.870. The van der Waals surface area contributed by atoms with E-state index >= 15 is 0 Å². The van der Waals surface area contributed by atoms with E-state index in [4.69, 9.17) is 14.2 Å². The van der Waals surface area contributed by atoms with Crippen LogP contribution in [0.1, 0.15) is 27.2 Å². The second-order valence-electron chi connectivity index (χ2n) is 4.54. The predicted octanol–water partition coefficient (Wildman–Crippen LogP) is 1.93. The molecule has 1 fully saturated rings. The Balaban J connectivity index is 2.76. The van der Waals surface area contributed by atoms with Crippen molar-refractivity contribution in [3.8, 4) is 0 Å². The van der Waals surface area contributed by atoms with E-state index in [-0.39, 0.29) is 36.3 Å². The first-order valence-corrected chi connectivity index (χ1v) is 5.97. The van der Waals surface area contributed by atoms with Crippen LogP contribution in [0.5, 0.6) is 0 Å². The van der Waals surface area contributed by atoms with E-state index in [0.717, 1.165) is 0 Å². The van der Waals surface area contributed by atoms with Crippen LogP contribution in [0.2, 0.25) is 0 Å². The number of methoxy groups -OCH3 is 1. The maximum absolute atomic E-state index is 11.1. The third kappa shape index (κ3) is 3.30. The summed E-state index contributed by atoms with van der Waals surface area (Å²) in [6, 6.07) is 0. The first-order chi connectivity index (χ1) is 8.01. The van der Waals surface area contributed by atoms with Crippen molar-refractivity contribution in [1.29, 1.82) is 0 Å². The molecule has 0 radical (unpaired) electrons. The third-order valence-electron chi connectivity index (χ3n) is 3.27. The molecule has 0 aromatic rings. The van der Waals surface area contributed by atoms with E-state index < -0.39 is 0 Å². The standard InChI is InChI=1S/C13H22O4/c1-6-7-11-13(16-10(4)14)8(2)12(17-11)9(3)15-5/h6,8-9,11-13H,1,7H2,2-5H3. The number of carbonyl (C=O) groups is 1. The lowest BCUT2D eigenvalue weighted by Gasteiger charge is -2.22. The minimum Gasteiger partial charge on any atom is -0.459 e. The Bertz CT molecular complexity index is 277. The summed E-state index contributed by atoms with van der Waals surface area (Å²) in [6.45, 7) is 9.11. The van der Waals surface area contributed by atoms with Gasteiger partial charge in [-0.3, -0.25) is 4.79 Å². The van der Waals surface area contributed by atoms with Gasteiger partial charge in [0, 0.05) is 20.0 Å². The quantitative estimate of drug-likeness (QED) is 0.546. The topological polar surface area (TPSA) is 44.8 Å². The van der Waals surface area contributed by atoms with Crippen molar-refractivity contribution in [3.63, 3.8) is 0 Å². The molecule has 17 heavy (non-hydrogen) atoms. The summed E-state index contributed by atoms with van der Waals surface area (Å²) in [5, 5.41) is 0. The molecule has 0 aromatic carbocycles. The molecule has 1 saturated heterocycles. The minimum atomic E-state index is -0.273. The fourth-order valence-electron chi connectivity index (χ4n) is 2.33. The van der Waals surface area contributed by atoms with Gasteiger partial charge in [-0.2, -0.15) is 0 Å². The van der Waals surface area contributed by atoms with Crippen LogP contribution < -0.4 is 0 Å². The normalized spacial score (nSPS) is 34.4. The zero-order valence-electron chi connectivity index (χ0n) is 11.0. The Morgan fingerprint density at radius 1 is 1.59 bits per heavy atom. The molecule has 0 bridgehead atoms. The zero-order chi connectivity index (χ0) is 13.0. The van der Waals surface area contributed by atoms with Crippen molar-refractivity contribution in [3.05, 3.63) is 12.7 Å². The van der Waals surface area contributed by atoms with Gasteiger partial charge >= 0.3 is 5.97 Å². The van der Waals surface area contributed by atoms with Gasteiger partial charge in [-0.25, -0.2) is 0 Å². The highest BCUT2D eigenvalue weighted by Gasteiger charge is 2.45. The van der Waals surface area contributed by atoms with Gasteiger partial charge in [0.05, 0.1) is 18.3 Å². The van der Waals surface area contributed by atoms with Gasteiger partial charge in [0.2, 0.25) is 0 Å². The molecule has 98 valence electrons. The highest BCUT2D eigenvalue weighted by Crippen LogP contribution is 2.33. The second kappa shape index (κ2) is 6.17. The van der Waals surface area contributed by atoms with Crippen LogP contribution in [0, 0.1) is 5.92 Å². The van der Waals surface area contributed by atoms with E-state index in [1.165, 1.54) is 6.92 Å². The summed E-state index contributed by atoms with van der Waals surface area (Å²) in [5.41, 5.74) is 0. The smallest absolute Gasteiger partial charge is 0.303 e. The van der Waals surface area contributed by atoms with Gasteiger partial charge in [-0.05, 0) is 13.3 Å².